The first kappa shape index (κ1) is 54.2. The van der Waals surface area contributed by atoms with E-state index in [4.69, 9.17) is 23.7 Å². The third kappa shape index (κ3) is 14.3. The molecule has 4 rings (SSSR count). The number of aliphatic hydroxyl groups is 3. The summed E-state index contributed by atoms with van der Waals surface area (Å²) in [4.78, 5) is 71.7. The molecule has 65 heavy (non-hydrogen) atoms. The lowest BCUT2D eigenvalue weighted by Crippen LogP contribution is -2.61. The highest BCUT2D eigenvalue weighted by molar-refractivity contribution is 6.39. The Kier molecular flexibility index (Phi) is 21.0. The minimum Gasteiger partial charge on any atom is -0.460 e. The molecule has 14 nitrogen and oxygen atoms in total. The van der Waals surface area contributed by atoms with Crippen LogP contribution in [-0.2, 0) is 47.7 Å². The summed E-state index contributed by atoms with van der Waals surface area (Å²) in [5.41, 5.74) is 1.19. The number of carbonyl (C=O) groups excluding carboxylic acids is 5. The normalized spacial score (nSPS) is 38.6. The number of hydrogen-bond donors (Lipinski definition) is 3. The van der Waals surface area contributed by atoms with Crippen molar-refractivity contribution in [1.29, 1.82) is 0 Å². The fraction of sp³-hybridized carbons (Fsp3) is 0.745. The van der Waals surface area contributed by atoms with Gasteiger partial charge < -0.3 is 43.9 Å². The number of Topliss-reactive ketones (excluding diaryl/α,β-unsaturated/α-hetero) is 3. The van der Waals surface area contributed by atoms with Crippen molar-refractivity contribution in [2.45, 2.75) is 180 Å². The number of amides is 1. The van der Waals surface area contributed by atoms with Gasteiger partial charge in [-0.2, -0.15) is 0 Å². The number of fused-ring (bicyclic) bond motifs is 3. The smallest absolute Gasteiger partial charge is 0.329 e. The number of allylic oxidation sites excluding steroid dienone is 6. The van der Waals surface area contributed by atoms with Crippen LogP contribution in [0.25, 0.3) is 0 Å². The summed E-state index contributed by atoms with van der Waals surface area (Å²) >= 11 is 0. The third-order valence-electron chi connectivity index (χ3n) is 14.5. The van der Waals surface area contributed by atoms with E-state index in [1.165, 1.54) is 12.0 Å². The highest BCUT2D eigenvalue weighted by Crippen LogP contribution is 2.38. The van der Waals surface area contributed by atoms with Crippen molar-refractivity contribution in [1.82, 2.24) is 4.90 Å². The SMILES string of the molecule is CO[C@H]1C[C@@H]2CC[C@@H](C)[C@@](O)(O2)C(=O)C(=O)N2CCCC[C@H]2C(=O)O[C@H]([C@H](C)C[C@H]2CC[C@@H](O)[C@H](OC)C2)CC(=O)/C(C)=C/C(C)[C@@H](O)[C@@H](OC)C(=O)[C@H](C)C[C@H](C)C=CC=CC=C1C. The van der Waals surface area contributed by atoms with E-state index in [0.29, 0.717) is 63.4 Å². The molecule has 1 saturated carbocycles. The summed E-state index contributed by atoms with van der Waals surface area (Å²) in [7, 11) is 4.53. The van der Waals surface area contributed by atoms with E-state index < -0.39 is 83.9 Å². The molecule has 0 aromatic rings. The maximum absolute atomic E-state index is 14.4. The first-order valence-electron chi connectivity index (χ1n) is 23.9. The molecule has 14 heteroatoms. The molecule has 0 radical (unpaired) electrons. The van der Waals surface area contributed by atoms with Crippen molar-refractivity contribution < 1.29 is 63.0 Å². The number of piperidine rings is 1. The second kappa shape index (κ2) is 25.1. The summed E-state index contributed by atoms with van der Waals surface area (Å²) in [6, 6.07) is -1.14. The van der Waals surface area contributed by atoms with E-state index in [1.807, 2.05) is 58.1 Å². The van der Waals surface area contributed by atoms with E-state index in [0.717, 1.165) is 12.0 Å². The number of cyclic esters (lactones) is 1. The number of ether oxygens (including phenoxy) is 5. The van der Waals surface area contributed by atoms with Gasteiger partial charge in [-0.25, -0.2) is 4.79 Å². The lowest BCUT2D eigenvalue weighted by molar-refractivity contribution is -0.265. The number of hydrogen-bond acceptors (Lipinski definition) is 13. The van der Waals surface area contributed by atoms with Crippen LogP contribution in [0.15, 0.2) is 47.6 Å². The van der Waals surface area contributed by atoms with Crippen LogP contribution < -0.4 is 0 Å². The molecular weight excluding hydrogens is 835 g/mol. The molecule has 3 N–H and O–H groups in total. The largest absolute Gasteiger partial charge is 0.460 e. The molecule has 4 aliphatic rings. The fourth-order valence-electron chi connectivity index (χ4n) is 10.1. The number of aliphatic hydroxyl groups excluding tert-OH is 2. The maximum atomic E-state index is 14.4. The molecule has 2 saturated heterocycles. The zero-order valence-electron chi connectivity index (χ0n) is 40.6. The van der Waals surface area contributed by atoms with E-state index in [-0.39, 0.29) is 54.8 Å². The summed E-state index contributed by atoms with van der Waals surface area (Å²) in [6.07, 6.45) is 11.2. The van der Waals surface area contributed by atoms with Gasteiger partial charge in [0.1, 0.15) is 18.2 Å². The first-order valence-corrected chi connectivity index (χ1v) is 23.9. The molecule has 3 heterocycles. The maximum Gasteiger partial charge on any atom is 0.329 e. The standard InChI is InChI=1S/C51H79NO13/c1-30-16-12-11-13-17-31(2)42(61-8)28-38-21-19-36(7)51(60,65-38)48(57)49(58)52-23-15-14-18-39(52)50(59)64-43(33(4)26-37-20-22-40(53)44(27-37)62-9)29-41(54)32(3)25-35(6)46(56)47(63-10)45(55)34(5)24-30/h11-13,16-17,25,30,33-40,42-44,46-47,53,56,60H,14-15,18-24,26-29H2,1-10H3/b13-11?,16-12?,31-17?,32-25+/t30-,33-,34-,35?,36-,37-,38+,39+,40-,42+,43+,44-,46-,47+,51-/m1/s1. The van der Waals surface area contributed by atoms with Gasteiger partial charge in [0.25, 0.3) is 11.7 Å². The number of rotatable bonds is 6. The van der Waals surface area contributed by atoms with Gasteiger partial charge in [0.05, 0.1) is 30.5 Å². The zero-order valence-corrected chi connectivity index (χ0v) is 40.6. The van der Waals surface area contributed by atoms with Gasteiger partial charge in [-0.15, -0.1) is 0 Å². The molecule has 3 aliphatic heterocycles. The molecular formula is C51H79NO13. The molecule has 0 aromatic carbocycles. The van der Waals surface area contributed by atoms with Gasteiger partial charge >= 0.3 is 5.97 Å². The molecule has 2 bridgehead atoms. The molecule has 0 spiro atoms. The van der Waals surface area contributed by atoms with E-state index >= 15 is 0 Å². The third-order valence-corrected chi connectivity index (χ3v) is 14.5. The minimum atomic E-state index is -2.43. The first-order chi connectivity index (χ1) is 30.7. The second-order valence-electron chi connectivity index (χ2n) is 19.6. The Balaban J connectivity index is 1.70. The Hall–Kier alpha value is -3.37. The van der Waals surface area contributed by atoms with Crippen LogP contribution in [0.4, 0.5) is 0 Å². The van der Waals surface area contributed by atoms with Crippen LogP contribution in [0.5, 0.6) is 0 Å². The van der Waals surface area contributed by atoms with Gasteiger partial charge in [0, 0.05) is 58.5 Å². The Labute approximate surface area is 387 Å². The van der Waals surface area contributed by atoms with Crippen LogP contribution in [0.3, 0.4) is 0 Å². The topological polar surface area (TPSA) is 195 Å². The second-order valence-corrected chi connectivity index (χ2v) is 19.6. The van der Waals surface area contributed by atoms with Crippen molar-refractivity contribution in [3.8, 4) is 0 Å². The molecule has 1 amide bonds. The van der Waals surface area contributed by atoms with Crippen molar-refractivity contribution in [2.24, 2.45) is 35.5 Å². The molecule has 0 aromatic heterocycles. The highest BCUT2D eigenvalue weighted by atomic mass is 16.6. The van der Waals surface area contributed by atoms with Crippen molar-refractivity contribution in [3.63, 3.8) is 0 Å². The Bertz CT molecular complexity index is 1760. The number of ketones is 3. The average Bonchev–Trinajstić information content (AvgIpc) is 3.28. The van der Waals surface area contributed by atoms with Gasteiger partial charge in [0.15, 0.2) is 11.6 Å². The molecule has 1 aliphatic carbocycles. The van der Waals surface area contributed by atoms with Crippen LogP contribution >= 0.6 is 0 Å². The Morgan fingerprint density at radius 3 is 2.26 bits per heavy atom. The predicted octanol–water partition coefficient (Wildman–Crippen LogP) is 6.18. The Morgan fingerprint density at radius 2 is 1.58 bits per heavy atom. The summed E-state index contributed by atoms with van der Waals surface area (Å²) in [5.74, 6) is -7.93. The average molecular weight is 914 g/mol. The van der Waals surface area contributed by atoms with E-state index in [9.17, 15) is 39.3 Å². The zero-order chi connectivity index (χ0) is 48.2. The lowest BCUT2D eigenvalue weighted by atomic mass is 9.78. The summed E-state index contributed by atoms with van der Waals surface area (Å²) < 4.78 is 29.4. The quantitative estimate of drug-likeness (QED) is 0.202. The summed E-state index contributed by atoms with van der Waals surface area (Å²) in [6.45, 7) is 12.7. The van der Waals surface area contributed by atoms with Gasteiger partial charge in [-0.05, 0) is 107 Å². The van der Waals surface area contributed by atoms with Crippen molar-refractivity contribution >= 4 is 29.2 Å². The van der Waals surface area contributed by atoms with Crippen LogP contribution in [0, 0.1) is 35.5 Å². The van der Waals surface area contributed by atoms with E-state index in [2.05, 4.69) is 0 Å². The monoisotopic (exact) mass is 914 g/mol. The molecule has 3 fully saturated rings. The van der Waals surface area contributed by atoms with Crippen LogP contribution in [0.2, 0.25) is 0 Å². The number of methoxy groups -OCH3 is 3. The van der Waals surface area contributed by atoms with Crippen molar-refractivity contribution in [3.05, 3.63) is 47.6 Å². The molecule has 366 valence electrons. The van der Waals surface area contributed by atoms with Gasteiger partial charge in [-0.1, -0.05) is 71.1 Å². The van der Waals surface area contributed by atoms with Crippen molar-refractivity contribution in [2.75, 3.05) is 27.9 Å². The van der Waals surface area contributed by atoms with Gasteiger partial charge in [0.2, 0.25) is 5.79 Å². The number of esters is 1. The highest BCUT2D eigenvalue weighted by Gasteiger charge is 2.53. The predicted molar refractivity (Wildman–Crippen MR) is 245 cm³/mol. The molecule has 15 atom stereocenters. The number of carbonyl (C=O) groups is 5. The minimum absolute atomic E-state index is 0.0220. The lowest BCUT2D eigenvalue weighted by Gasteiger charge is -2.42. The summed E-state index contributed by atoms with van der Waals surface area (Å²) in [5, 5.41) is 33.9. The molecule has 1 unspecified atom stereocenters. The van der Waals surface area contributed by atoms with Gasteiger partial charge in [-0.3, -0.25) is 19.2 Å². The fourth-order valence-corrected chi connectivity index (χ4v) is 10.1. The van der Waals surface area contributed by atoms with E-state index in [1.54, 1.807) is 41.1 Å². The van der Waals surface area contributed by atoms with Crippen LogP contribution in [0.1, 0.15) is 126 Å². The Morgan fingerprint density at radius 1 is 0.862 bits per heavy atom. The van der Waals surface area contributed by atoms with Crippen LogP contribution in [-0.4, -0.2) is 132 Å². The number of nitrogens with zero attached hydrogens (tertiary/aromatic N) is 1.